The molecule has 29 heavy (non-hydrogen) atoms. The van der Waals surface area contributed by atoms with Crippen molar-refractivity contribution in [2.45, 2.75) is 17.0 Å². The van der Waals surface area contributed by atoms with Crippen LogP contribution >= 0.6 is 11.8 Å². The van der Waals surface area contributed by atoms with E-state index in [4.69, 9.17) is 4.52 Å². The lowest BCUT2D eigenvalue weighted by Crippen LogP contribution is -2.12. The number of halogens is 1. The Hall–Kier alpha value is -3.46. The van der Waals surface area contributed by atoms with E-state index in [2.05, 4.69) is 20.4 Å². The normalized spacial score (nSPS) is 10.9. The summed E-state index contributed by atoms with van der Waals surface area (Å²) in [7, 11) is 1.86. The quantitative estimate of drug-likeness (QED) is 0.528. The van der Waals surface area contributed by atoms with Gasteiger partial charge in [0.25, 0.3) is 11.8 Å². The highest BCUT2D eigenvalue weighted by Crippen LogP contribution is 2.33. The van der Waals surface area contributed by atoms with Gasteiger partial charge in [-0.3, -0.25) is 4.79 Å². The van der Waals surface area contributed by atoms with E-state index in [-0.39, 0.29) is 5.91 Å². The fourth-order valence-electron chi connectivity index (χ4n) is 2.61. The molecule has 9 heteroatoms. The summed E-state index contributed by atoms with van der Waals surface area (Å²) in [5, 5.41) is 7.25. The maximum atomic E-state index is 13.8. The summed E-state index contributed by atoms with van der Waals surface area (Å²) >= 11 is 1.34. The zero-order chi connectivity index (χ0) is 20.4. The number of imidazole rings is 1. The van der Waals surface area contributed by atoms with E-state index in [1.165, 1.54) is 23.9 Å². The number of carbonyl (C=O) groups is 1. The summed E-state index contributed by atoms with van der Waals surface area (Å²) in [6, 6.07) is 11.0. The van der Waals surface area contributed by atoms with Gasteiger partial charge in [0.05, 0.1) is 5.69 Å². The Bertz CT molecular complexity index is 1170. The molecule has 1 amide bonds. The minimum atomic E-state index is -0.438. The van der Waals surface area contributed by atoms with Crippen molar-refractivity contribution < 1.29 is 13.7 Å². The topological polar surface area (TPSA) is 85.8 Å². The van der Waals surface area contributed by atoms with Gasteiger partial charge in [0.1, 0.15) is 5.82 Å². The maximum absolute atomic E-state index is 13.8. The summed E-state index contributed by atoms with van der Waals surface area (Å²) in [6.07, 6.45) is 3.49. The number of carbonyl (C=O) groups excluding carboxylic acids is 1. The van der Waals surface area contributed by atoms with Gasteiger partial charge in [-0.1, -0.05) is 5.16 Å². The Labute approximate surface area is 170 Å². The van der Waals surface area contributed by atoms with E-state index in [0.717, 1.165) is 5.16 Å². The molecule has 2 heterocycles. The van der Waals surface area contributed by atoms with Gasteiger partial charge in [-0.2, -0.15) is 4.98 Å². The summed E-state index contributed by atoms with van der Waals surface area (Å²) in [5.41, 5.74) is 1.50. The van der Waals surface area contributed by atoms with Gasteiger partial charge in [0.2, 0.25) is 0 Å². The fourth-order valence-corrected chi connectivity index (χ4v) is 3.48. The molecule has 4 rings (SSSR count). The zero-order valence-electron chi connectivity index (χ0n) is 15.6. The molecule has 2 aromatic heterocycles. The molecule has 4 aromatic rings. The Balaban J connectivity index is 1.55. The molecule has 0 saturated heterocycles. The van der Waals surface area contributed by atoms with Crippen molar-refractivity contribution in [2.24, 2.45) is 7.05 Å². The molecule has 0 atom stereocenters. The van der Waals surface area contributed by atoms with Crippen LogP contribution in [0.1, 0.15) is 16.2 Å². The van der Waals surface area contributed by atoms with Crippen molar-refractivity contribution in [2.75, 3.05) is 5.32 Å². The molecule has 0 radical (unpaired) electrons. The molecular weight excluding hydrogens is 393 g/mol. The molecule has 0 aliphatic carbocycles. The first-order chi connectivity index (χ1) is 14.0. The zero-order valence-corrected chi connectivity index (χ0v) is 16.4. The van der Waals surface area contributed by atoms with E-state index < -0.39 is 5.82 Å². The number of nitrogens with zero attached hydrogens (tertiary/aromatic N) is 4. The molecule has 2 aromatic carbocycles. The number of rotatable bonds is 5. The van der Waals surface area contributed by atoms with Crippen LogP contribution in [0.25, 0.3) is 11.5 Å². The van der Waals surface area contributed by atoms with Crippen LogP contribution in [-0.2, 0) is 7.05 Å². The predicted octanol–water partition coefficient (Wildman–Crippen LogP) is 4.32. The van der Waals surface area contributed by atoms with Gasteiger partial charge in [0, 0.05) is 35.5 Å². The van der Waals surface area contributed by atoms with Crippen molar-refractivity contribution in [1.29, 1.82) is 0 Å². The summed E-state index contributed by atoms with van der Waals surface area (Å²) in [4.78, 5) is 21.8. The summed E-state index contributed by atoms with van der Waals surface area (Å²) in [5.74, 6) is 0.121. The number of hydrogen-bond acceptors (Lipinski definition) is 6. The molecule has 0 aliphatic rings. The third-order valence-corrected chi connectivity index (χ3v) is 5.24. The summed E-state index contributed by atoms with van der Waals surface area (Å²) in [6.45, 7) is 1.73. The lowest BCUT2D eigenvalue weighted by molar-refractivity contribution is 0.102. The Morgan fingerprint density at radius 1 is 1.21 bits per heavy atom. The van der Waals surface area contributed by atoms with E-state index in [0.29, 0.717) is 33.4 Å². The van der Waals surface area contributed by atoms with Crippen molar-refractivity contribution in [3.05, 3.63) is 72.1 Å². The van der Waals surface area contributed by atoms with E-state index in [1.54, 1.807) is 43.5 Å². The number of anilines is 1. The first-order valence-corrected chi connectivity index (χ1v) is 9.48. The van der Waals surface area contributed by atoms with Crippen LogP contribution < -0.4 is 5.32 Å². The average molecular weight is 409 g/mol. The lowest BCUT2D eigenvalue weighted by Gasteiger charge is -2.11. The van der Waals surface area contributed by atoms with E-state index >= 15 is 0 Å². The molecule has 0 unspecified atom stereocenters. The number of amides is 1. The van der Waals surface area contributed by atoms with Gasteiger partial charge in [-0.15, -0.1) is 0 Å². The van der Waals surface area contributed by atoms with Gasteiger partial charge in [-0.25, -0.2) is 9.37 Å². The number of hydrogen-bond donors (Lipinski definition) is 1. The minimum Gasteiger partial charge on any atom is -0.334 e. The highest BCUT2D eigenvalue weighted by Gasteiger charge is 2.14. The van der Waals surface area contributed by atoms with Gasteiger partial charge in [-0.05, 0) is 61.2 Å². The highest BCUT2D eigenvalue weighted by atomic mass is 32.2. The van der Waals surface area contributed by atoms with Crippen LogP contribution in [0, 0.1) is 12.7 Å². The first kappa shape index (κ1) is 18.9. The van der Waals surface area contributed by atoms with E-state index in [1.807, 2.05) is 17.8 Å². The standard InChI is InChI=1S/C20H16FN5O2S/c1-12-23-19(28-25-12)14-5-3-13(4-6-14)18(27)24-16-11-15(21)7-8-17(16)29-20-22-9-10-26(20)2/h3-11H,1-2H3,(H,24,27). The lowest BCUT2D eigenvalue weighted by atomic mass is 10.1. The highest BCUT2D eigenvalue weighted by molar-refractivity contribution is 7.99. The summed E-state index contributed by atoms with van der Waals surface area (Å²) < 4.78 is 20.8. The number of aryl methyl sites for hydroxylation is 2. The second-order valence-electron chi connectivity index (χ2n) is 6.24. The van der Waals surface area contributed by atoms with E-state index in [9.17, 15) is 9.18 Å². The van der Waals surface area contributed by atoms with Crippen LogP contribution in [0.15, 0.2) is 69.4 Å². The van der Waals surface area contributed by atoms with Crippen LogP contribution in [0.4, 0.5) is 10.1 Å². The second kappa shape index (κ2) is 7.88. The van der Waals surface area contributed by atoms with Crippen molar-refractivity contribution in [1.82, 2.24) is 19.7 Å². The Kier molecular flexibility index (Phi) is 5.13. The third-order valence-electron chi connectivity index (χ3n) is 4.09. The van der Waals surface area contributed by atoms with Crippen LogP contribution in [0.3, 0.4) is 0 Å². The van der Waals surface area contributed by atoms with Gasteiger partial charge >= 0.3 is 0 Å². The van der Waals surface area contributed by atoms with Gasteiger partial charge < -0.3 is 14.4 Å². The Morgan fingerprint density at radius 3 is 2.66 bits per heavy atom. The molecule has 0 saturated carbocycles. The Morgan fingerprint density at radius 2 is 2.00 bits per heavy atom. The first-order valence-electron chi connectivity index (χ1n) is 8.66. The van der Waals surface area contributed by atoms with Crippen molar-refractivity contribution in [3.8, 4) is 11.5 Å². The van der Waals surface area contributed by atoms with Gasteiger partial charge in [0.15, 0.2) is 11.0 Å². The molecular formula is C20H16FN5O2S. The smallest absolute Gasteiger partial charge is 0.257 e. The fraction of sp³-hybridized carbons (Fsp3) is 0.100. The molecule has 0 aliphatic heterocycles. The molecule has 146 valence electrons. The van der Waals surface area contributed by atoms with Crippen LogP contribution in [-0.4, -0.2) is 25.6 Å². The number of nitrogens with one attached hydrogen (secondary N) is 1. The second-order valence-corrected chi connectivity index (χ2v) is 7.25. The molecule has 1 N–H and O–H groups in total. The number of benzene rings is 2. The van der Waals surface area contributed by atoms with Crippen LogP contribution in [0.2, 0.25) is 0 Å². The SMILES string of the molecule is Cc1noc(-c2ccc(C(=O)Nc3cc(F)ccc3Sc3nccn3C)cc2)n1. The molecule has 0 spiro atoms. The third kappa shape index (κ3) is 4.19. The van der Waals surface area contributed by atoms with Crippen LogP contribution in [0.5, 0.6) is 0 Å². The maximum Gasteiger partial charge on any atom is 0.257 e. The molecule has 7 nitrogen and oxygen atoms in total. The monoisotopic (exact) mass is 409 g/mol. The molecule has 0 bridgehead atoms. The largest absolute Gasteiger partial charge is 0.334 e. The predicted molar refractivity (Wildman–Crippen MR) is 106 cm³/mol. The van der Waals surface area contributed by atoms with Crippen molar-refractivity contribution in [3.63, 3.8) is 0 Å². The number of aromatic nitrogens is 4. The minimum absolute atomic E-state index is 0.356. The molecule has 0 fully saturated rings. The van der Waals surface area contributed by atoms with Crippen molar-refractivity contribution >= 4 is 23.4 Å². The average Bonchev–Trinajstić information content (AvgIpc) is 3.32.